The number of nitro benzene ring substituents is 1. The third kappa shape index (κ3) is 2.35. The monoisotopic (exact) mass is 255 g/mol. The first-order valence-corrected chi connectivity index (χ1v) is 5.81. The normalized spacial score (nSPS) is 24.1. The van der Waals surface area contributed by atoms with Gasteiger partial charge in [-0.15, -0.1) is 0 Å². The minimum atomic E-state index is -0.407. The predicted molar refractivity (Wildman–Crippen MR) is 67.5 cm³/mol. The molecule has 17 heavy (non-hydrogen) atoms. The molecule has 0 bridgehead atoms. The first-order chi connectivity index (χ1) is 7.99. The lowest BCUT2D eigenvalue weighted by molar-refractivity contribution is -0.384. The van der Waals surface area contributed by atoms with Crippen molar-refractivity contribution in [2.24, 2.45) is 11.7 Å². The van der Waals surface area contributed by atoms with Crippen LogP contribution >= 0.6 is 11.6 Å². The Balaban J connectivity index is 2.36. The SMILES string of the molecule is CC1CN(c2ccc(Cl)cc2[N+](=O)[O-])CC1N. The first-order valence-electron chi connectivity index (χ1n) is 5.43. The summed E-state index contributed by atoms with van der Waals surface area (Å²) in [5.41, 5.74) is 6.56. The van der Waals surface area contributed by atoms with Gasteiger partial charge in [0.1, 0.15) is 5.69 Å². The zero-order valence-electron chi connectivity index (χ0n) is 9.47. The van der Waals surface area contributed by atoms with Crippen molar-refractivity contribution in [1.29, 1.82) is 0 Å². The van der Waals surface area contributed by atoms with Crippen LogP contribution in [0.5, 0.6) is 0 Å². The maximum atomic E-state index is 11.0. The molecule has 1 fully saturated rings. The van der Waals surface area contributed by atoms with E-state index < -0.39 is 4.92 Å². The molecule has 0 saturated carbocycles. The van der Waals surface area contributed by atoms with Crippen molar-refractivity contribution in [3.05, 3.63) is 33.3 Å². The van der Waals surface area contributed by atoms with Crippen LogP contribution in [0.25, 0.3) is 0 Å². The Morgan fingerprint density at radius 1 is 1.53 bits per heavy atom. The summed E-state index contributed by atoms with van der Waals surface area (Å²) in [6, 6.07) is 4.79. The topological polar surface area (TPSA) is 72.4 Å². The standard InChI is InChI=1S/C11H14ClN3O2/c1-7-5-14(6-9(7)13)10-3-2-8(12)4-11(10)15(16)17/h2-4,7,9H,5-6,13H2,1H3. The Labute approximate surface area is 104 Å². The molecule has 1 heterocycles. The molecule has 1 aliphatic rings. The molecule has 1 aromatic rings. The Kier molecular flexibility index (Phi) is 3.22. The van der Waals surface area contributed by atoms with Crippen LogP contribution < -0.4 is 10.6 Å². The van der Waals surface area contributed by atoms with Crippen molar-refractivity contribution in [1.82, 2.24) is 0 Å². The smallest absolute Gasteiger partial charge is 0.294 e. The highest BCUT2D eigenvalue weighted by Gasteiger charge is 2.30. The highest BCUT2D eigenvalue weighted by Crippen LogP contribution is 2.33. The van der Waals surface area contributed by atoms with Gasteiger partial charge in [-0.2, -0.15) is 0 Å². The number of hydrogen-bond donors (Lipinski definition) is 1. The number of anilines is 1. The van der Waals surface area contributed by atoms with Crippen LogP contribution in [0.1, 0.15) is 6.92 Å². The second-order valence-corrected chi connectivity index (χ2v) is 4.87. The third-order valence-electron chi connectivity index (χ3n) is 3.15. The molecule has 2 N–H and O–H groups in total. The van der Waals surface area contributed by atoms with Crippen molar-refractivity contribution in [3.8, 4) is 0 Å². The summed E-state index contributed by atoms with van der Waals surface area (Å²) >= 11 is 5.78. The molecule has 1 aromatic carbocycles. The van der Waals surface area contributed by atoms with E-state index in [1.165, 1.54) is 6.07 Å². The second-order valence-electron chi connectivity index (χ2n) is 4.44. The van der Waals surface area contributed by atoms with Gasteiger partial charge in [-0.25, -0.2) is 0 Å². The van der Waals surface area contributed by atoms with Gasteiger partial charge >= 0.3 is 0 Å². The van der Waals surface area contributed by atoms with Crippen molar-refractivity contribution < 1.29 is 4.92 Å². The zero-order chi connectivity index (χ0) is 12.6. The molecule has 0 spiro atoms. The summed E-state index contributed by atoms with van der Waals surface area (Å²) in [5, 5.41) is 11.4. The van der Waals surface area contributed by atoms with E-state index in [1.54, 1.807) is 12.1 Å². The van der Waals surface area contributed by atoms with E-state index in [0.717, 1.165) is 6.54 Å². The summed E-state index contributed by atoms with van der Waals surface area (Å²) < 4.78 is 0. The lowest BCUT2D eigenvalue weighted by atomic mass is 10.1. The number of nitro groups is 1. The molecule has 1 aliphatic heterocycles. The fourth-order valence-corrected chi connectivity index (χ4v) is 2.27. The molecule has 0 amide bonds. The van der Waals surface area contributed by atoms with Crippen LogP contribution in [0.15, 0.2) is 18.2 Å². The summed E-state index contributed by atoms with van der Waals surface area (Å²) in [5.74, 6) is 0.338. The Morgan fingerprint density at radius 2 is 2.24 bits per heavy atom. The van der Waals surface area contributed by atoms with Crippen molar-refractivity contribution >= 4 is 23.0 Å². The largest absolute Gasteiger partial charge is 0.364 e. The Hall–Kier alpha value is -1.33. The lowest BCUT2D eigenvalue weighted by Gasteiger charge is -2.18. The highest BCUT2D eigenvalue weighted by molar-refractivity contribution is 6.30. The van der Waals surface area contributed by atoms with E-state index >= 15 is 0 Å². The van der Waals surface area contributed by atoms with E-state index in [9.17, 15) is 10.1 Å². The molecule has 5 nitrogen and oxygen atoms in total. The van der Waals surface area contributed by atoms with Gasteiger partial charge in [0.2, 0.25) is 0 Å². The van der Waals surface area contributed by atoms with Gasteiger partial charge in [0, 0.05) is 30.2 Å². The molecule has 2 rings (SSSR count). The van der Waals surface area contributed by atoms with E-state index in [-0.39, 0.29) is 11.7 Å². The quantitative estimate of drug-likeness (QED) is 0.648. The molecule has 2 atom stereocenters. The van der Waals surface area contributed by atoms with Gasteiger partial charge < -0.3 is 10.6 Å². The maximum Gasteiger partial charge on any atom is 0.294 e. The fraction of sp³-hybridized carbons (Fsp3) is 0.455. The third-order valence-corrected chi connectivity index (χ3v) is 3.38. The van der Waals surface area contributed by atoms with E-state index in [1.807, 2.05) is 11.8 Å². The van der Waals surface area contributed by atoms with Gasteiger partial charge in [0.05, 0.1) is 4.92 Å². The summed E-state index contributed by atoms with van der Waals surface area (Å²) in [7, 11) is 0. The highest BCUT2D eigenvalue weighted by atomic mass is 35.5. The van der Waals surface area contributed by atoms with Crippen molar-refractivity contribution in [3.63, 3.8) is 0 Å². The molecule has 92 valence electrons. The Bertz CT molecular complexity index is 442. The van der Waals surface area contributed by atoms with Crippen LogP contribution in [-0.2, 0) is 0 Å². The van der Waals surface area contributed by atoms with Crippen molar-refractivity contribution in [2.45, 2.75) is 13.0 Å². The average Bonchev–Trinajstić information content (AvgIpc) is 2.59. The van der Waals surface area contributed by atoms with E-state index in [0.29, 0.717) is 23.2 Å². The van der Waals surface area contributed by atoms with Crippen LogP contribution in [0.2, 0.25) is 5.02 Å². The maximum absolute atomic E-state index is 11.0. The molecule has 0 aromatic heterocycles. The van der Waals surface area contributed by atoms with Crippen LogP contribution in [0.4, 0.5) is 11.4 Å². The number of benzene rings is 1. The zero-order valence-corrected chi connectivity index (χ0v) is 10.2. The van der Waals surface area contributed by atoms with Gasteiger partial charge in [-0.3, -0.25) is 10.1 Å². The van der Waals surface area contributed by atoms with Gasteiger partial charge in [-0.1, -0.05) is 18.5 Å². The molecule has 1 saturated heterocycles. The number of nitrogens with two attached hydrogens (primary N) is 1. The van der Waals surface area contributed by atoms with Crippen LogP contribution in [0.3, 0.4) is 0 Å². The van der Waals surface area contributed by atoms with Crippen LogP contribution in [0, 0.1) is 16.0 Å². The average molecular weight is 256 g/mol. The molecule has 0 aliphatic carbocycles. The van der Waals surface area contributed by atoms with Gasteiger partial charge in [0.25, 0.3) is 5.69 Å². The van der Waals surface area contributed by atoms with Gasteiger partial charge in [-0.05, 0) is 18.1 Å². The summed E-state index contributed by atoms with van der Waals surface area (Å²) in [6.07, 6.45) is 0. The summed E-state index contributed by atoms with van der Waals surface area (Å²) in [4.78, 5) is 12.5. The van der Waals surface area contributed by atoms with Gasteiger partial charge in [0.15, 0.2) is 0 Å². The lowest BCUT2D eigenvalue weighted by Crippen LogP contribution is -2.28. The van der Waals surface area contributed by atoms with E-state index in [2.05, 4.69) is 0 Å². The molecule has 2 unspecified atom stereocenters. The number of rotatable bonds is 2. The number of halogens is 1. The number of nitrogens with zero attached hydrogens (tertiary/aromatic N) is 2. The molecule has 0 radical (unpaired) electrons. The summed E-state index contributed by atoms with van der Waals surface area (Å²) in [6.45, 7) is 3.43. The second kappa shape index (κ2) is 4.50. The predicted octanol–water partition coefficient (Wildman–Crippen LogP) is 2.03. The molecular weight excluding hydrogens is 242 g/mol. The minimum absolute atomic E-state index is 0.0406. The first kappa shape index (κ1) is 12.1. The van der Waals surface area contributed by atoms with Crippen LogP contribution in [-0.4, -0.2) is 24.1 Å². The minimum Gasteiger partial charge on any atom is -0.364 e. The molecule has 6 heteroatoms. The molecular formula is C11H14ClN3O2. The van der Waals surface area contributed by atoms with E-state index in [4.69, 9.17) is 17.3 Å². The van der Waals surface area contributed by atoms with Crippen molar-refractivity contribution in [2.75, 3.05) is 18.0 Å². The number of hydrogen-bond acceptors (Lipinski definition) is 4. The fourth-order valence-electron chi connectivity index (χ4n) is 2.10. The Morgan fingerprint density at radius 3 is 2.76 bits per heavy atom.